The number of hydrogen-bond donors (Lipinski definition) is 1. The summed E-state index contributed by atoms with van der Waals surface area (Å²) >= 11 is 1.76. The Balaban J connectivity index is 2.03. The summed E-state index contributed by atoms with van der Waals surface area (Å²) in [4.78, 5) is 6.82. The Morgan fingerprint density at radius 3 is 3.06 bits per heavy atom. The van der Waals surface area contributed by atoms with Crippen LogP contribution in [0.3, 0.4) is 0 Å². The maximum absolute atomic E-state index is 6.06. The van der Waals surface area contributed by atoms with Gasteiger partial charge in [0.1, 0.15) is 5.82 Å². The molecule has 16 heavy (non-hydrogen) atoms. The number of rotatable bonds is 1. The monoisotopic (exact) mass is 233 g/mol. The molecule has 84 valence electrons. The molecule has 3 rings (SSSR count). The molecule has 0 aliphatic carbocycles. The fourth-order valence-corrected chi connectivity index (χ4v) is 3.07. The van der Waals surface area contributed by atoms with Crippen LogP contribution < -0.4 is 10.6 Å². The molecule has 3 nitrogen and oxygen atoms in total. The van der Waals surface area contributed by atoms with Crippen LogP contribution in [0, 0.1) is 5.92 Å². The molecule has 1 aliphatic heterocycles. The van der Waals surface area contributed by atoms with Gasteiger partial charge < -0.3 is 10.6 Å². The minimum absolute atomic E-state index is 0.274. The van der Waals surface area contributed by atoms with Crippen LogP contribution in [0.15, 0.2) is 23.7 Å². The summed E-state index contributed by atoms with van der Waals surface area (Å²) < 4.78 is 1.30. The molecular formula is C12H15N3S. The molecule has 0 saturated carbocycles. The van der Waals surface area contributed by atoms with Crippen LogP contribution in [-0.4, -0.2) is 24.1 Å². The Morgan fingerprint density at radius 2 is 2.31 bits per heavy atom. The second kappa shape index (κ2) is 3.71. The molecule has 2 N–H and O–H groups in total. The fraction of sp³-hybridized carbons (Fsp3) is 0.417. The van der Waals surface area contributed by atoms with Gasteiger partial charge in [0.15, 0.2) is 0 Å². The number of pyridine rings is 1. The predicted molar refractivity (Wildman–Crippen MR) is 69.0 cm³/mol. The highest BCUT2D eigenvalue weighted by atomic mass is 32.1. The molecule has 2 unspecified atom stereocenters. The van der Waals surface area contributed by atoms with Gasteiger partial charge >= 0.3 is 0 Å². The van der Waals surface area contributed by atoms with Crippen molar-refractivity contribution in [3.63, 3.8) is 0 Å². The summed E-state index contributed by atoms with van der Waals surface area (Å²) in [6, 6.07) is 4.50. The number of hydrogen-bond acceptors (Lipinski definition) is 4. The number of thiophene rings is 1. The SMILES string of the molecule is CC1CN(c2nccc3sccc23)CC1N. The zero-order valence-electron chi connectivity index (χ0n) is 9.26. The van der Waals surface area contributed by atoms with E-state index >= 15 is 0 Å². The zero-order valence-corrected chi connectivity index (χ0v) is 10.1. The van der Waals surface area contributed by atoms with E-state index in [4.69, 9.17) is 5.73 Å². The fourth-order valence-electron chi connectivity index (χ4n) is 2.30. The van der Waals surface area contributed by atoms with Crippen LogP contribution in [-0.2, 0) is 0 Å². The Kier molecular flexibility index (Phi) is 2.33. The molecule has 1 saturated heterocycles. The first-order chi connectivity index (χ1) is 7.75. The lowest BCUT2D eigenvalue weighted by molar-refractivity contribution is 0.566. The van der Waals surface area contributed by atoms with Crippen LogP contribution in [0.2, 0.25) is 0 Å². The lowest BCUT2D eigenvalue weighted by Gasteiger charge is -2.17. The molecular weight excluding hydrogens is 218 g/mol. The molecule has 2 aromatic rings. The Labute approximate surface area is 98.9 Å². The van der Waals surface area contributed by atoms with Gasteiger partial charge in [-0.1, -0.05) is 6.92 Å². The van der Waals surface area contributed by atoms with E-state index in [0.717, 1.165) is 18.9 Å². The number of nitrogens with zero attached hydrogens (tertiary/aromatic N) is 2. The highest BCUT2D eigenvalue weighted by Crippen LogP contribution is 2.31. The highest BCUT2D eigenvalue weighted by Gasteiger charge is 2.28. The van der Waals surface area contributed by atoms with E-state index in [0.29, 0.717) is 5.92 Å². The minimum atomic E-state index is 0.274. The number of fused-ring (bicyclic) bond motifs is 1. The van der Waals surface area contributed by atoms with E-state index in [1.807, 2.05) is 6.20 Å². The lowest BCUT2D eigenvalue weighted by atomic mass is 10.1. The largest absolute Gasteiger partial charge is 0.354 e. The highest BCUT2D eigenvalue weighted by molar-refractivity contribution is 7.17. The van der Waals surface area contributed by atoms with Crippen LogP contribution >= 0.6 is 11.3 Å². The smallest absolute Gasteiger partial charge is 0.137 e. The van der Waals surface area contributed by atoms with Gasteiger partial charge in [0.25, 0.3) is 0 Å². The van der Waals surface area contributed by atoms with Gasteiger partial charge in [0, 0.05) is 35.4 Å². The first-order valence-corrected chi connectivity index (χ1v) is 6.46. The van der Waals surface area contributed by atoms with Crippen molar-refractivity contribution < 1.29 is 0 Å². The third-order valence-electron chi connectivity index (χ3n) is 3.33. The first-order valence-electron chi connectivity index (χ1n) is 5.58. The van der Waals surface area contributed by atoms with E-state index in [1.54, 1.807) is 11.3 Å². The van der Waals surface area contributed by atoms with Crippen molar-refractivity contribution in [2.75, 3.05) is 18.0 Å². The number of aromatic nitrogens is 1. The van der Waals surface area contributed by atoms with Crippen molar-refractivity contribution in [1.82, 2.24) is 4.98 Å². The molecule has 4 heteroatoms. The molecule has 0 amide bonds. The molecule has 0 spiro atoms. The summed E-state index contributed by atoms with van der Waals surface area (Å²) in [5.41, 5.74) is 6.06. The van der Waals surface area contributed by atoms with Crippen molar-refractivity contribution in [2.45, 2.75) is 13.0 Å². The van der Waals surface area contributed by atoms with E-state index in [9.17, 15) is 0 Å². The second-order valence-corrected chi connectivity index (χ2v) is 5.46. The molecule has 3 heterocycles. The van der Waals surface area contributed by atoms with Crippen molar-refractivity contribution in [1.29, 1.82) is 0 Å². The normalized spacial score (nSPS) is 25.5. The number of nitrogens with two attached hydrogens (primary N) is 1. The third-order valence-corrected chi connectivity index (χ3v) is 4.21. The summed E-state index contributed by atoms with van der Waals surface area (Å²) in [6.45, 7) is 4.14. The van der Waals surface area contributed by atoms with Gasteiger partial charge in [-0.15, -0.1) is 11.3 Å². The Hall–Kier alpha value is -1.13. The first kappa shape index (κ1) is 10.1. The Morgan fingerprint density at radius 1 is 1.44 bits per heavy atom. The van der Waals surface area contributed by atoms with Crippen LogP contribution in [0.25, 0.3) is 10.1 Å². The summed E-state index contributed by atoms with van der Waals surface area (Å²) in [5.74, 6) is 1.65. The van der Waals surface area contributed by atoms with Gasteiger partial charge in [0.2, 0.25) is 0 Å². The van der Waals surface area contributed by atoms with Crippen LogP contribution in [0.4, 0.5) is 5.82 Å². The van der Waals surface area contributed by atoms with Crippen molar-refractivity contribution in [2.24, 2.45) is 11.7 Å². The molecule has 0 radical (unpaired) electrons. The lowest BCUT2D eigenvalue weighted by Crippen LogP contribution is -2.28. The average molecular weight is 233 g/mol. The standard InChI is InChI=1S/C12H15N3S/c1-8-6-15(7-10(8)13)12-9-3-5-16-11(9)2-4-14-12/h2-5,8,10H,6-7,13H2,1H3. The summed E-state index contributed by atoms with van der Waals surface area (Å²) in [6.07, 6.45) is 1.89. The maximum Gasteiger partial charge on any atom is 0.137 e. The van der Waals surface area contributed by atoms with Gasteiger partial charge in [-0.3, -0.25) is 0 Å². The van der Waals surface area contributed by atoms with Gasteiger partial charge in [-0.05, 0) is 23.4 Å². The van der Waals surface area contributed by atoms with Crippen molar-refractivity contribution in [3.05, 3.63) is 23.7 Å². The van der Waals surface area contributed by atoms with Crippen molar-refractivity contribution >= 4 is 27.2 Å². The summed E-state index contributed by atoms with van der Waals surface area (Å²) in [5, 5.41) is 3.38. The molecule has 1 aliphatic rings. The zero-order chi connectivity index (χ0) is 11.1. The molecule has 0 aromatic carbocycles. The molecule has 2 atom stereocenters. The van der Waals surface area contributed by atoms with Crippen molar-refractivity contribution in [3.8, 4) is 0 Å². The number of anilines is 1. The maximum atomic E-state index is 6.06. The van der Waals surface area contributed by atoms with Crippen LogP contribution in [0.1, 0.15) is 6.92 Å². The molecule has 1 fully saturated rings. The second-order valence-electron chi connectivity index (χ2n) is 4.51. The predicted octanol–water partition coefficient (Wildman–Crippen LogP) is 2.08. The topological polar surface area (TPSA) is 42.2 Å². The quantitative estimate of drug-likeness (QED) is 0.820. The van der Waals surface area contributed by atoms with E-state index in [-0.39, 0.29) is 6.04 Å². The van der Waals surface area contributed by atoms with Gasteiger partial charge in [-0.2, -0.15) is 0 Å². The molecule has 2 aromatic heterocycles. The van der Waals surface area contributed by atoms with Crippen LogP contribution in [0.5, 0.6) is 0 Å². The third kappa shape index (κ3) is 1.49. The Bertz CT molecular complexity index is 498. The van der Waals surface area contributed by atoms with E-state index < -0.39 is 0 Å². The van der Waals surface area contributed by atoms with Gasteiger partial charge in [-0.25, -0.2) is 4.98 Å². The van der Waals surface area contributed by atoms with Gasteiger partial charge in [0.05, 0.1) is 0 Å². The average Bonchev–Trinajstić information content (AvgIpc) is 2.85. The summed E-state index contributed by atoms with van der Waals surface area (Å²) in [7, 11) is 0. The van der Waals surface area contributed by atoms with E-state index in [1.165, 1.54) is 10.1 Å². The van der Waals surface area contributed by atoms with E-state index in [2.05, 4.69) is 34.3 Å². The minimum Gasteiger partial charge on any atom is -0.354 e. The molecule has 0 bridgehead atoms.